The molecule has 0 aliphatic heterocycles. The molecule has 4 heterocycles. The molecule has 4 aromatic heterocycles. The molecule has 0 unspecified atom stereocenters. The molecule has 0 atom stereocenters. The predicted octanol–water partition coefficient (Wildman–Crippen LogP) is 18.4. The lowest BCUT2D eigenvalue weighted by atomic mass is 10.1. The molecule has 0 fully saturated rings. The van der Waals surface area contributed by atoms with E-state index < -0.39 is 15.7 Å². The number of halogens is 2. The zero-order valence-electron chi connectivity index (χ0n) is 62.4. The monoisotopic (exact) mass is 1550 g/mol. The van der Waals surface area contributed by atoms with Crippen LogP contribution in [0.1, 0.15) is 56.3 Å². The molecule has 0 aliphatic rings. The van der Waals surface area contributed by atoms with Crippen molar-refractivity contribution in [2.45, 2.75) is 40.7 Å². The summed E-state index contributed by atoms with van der Waals surface area (Å²) in [6.07, 6.45) is 14.8. The van der Waals surface area contributed by atoms with Crippen LogP contribution in [0.2, 0.25) is 5.02 Å². The molecule has 2 amide bonds. The van der Waals surface area contributed by atoms with Gasteiger partial charge in [-0.2, -0.15) is 19.9 Å². The second-order valence-electron chi connectivity index (χ2n) is 24.6. The Morgan fingerprint density at radius 3 is 1.33 bits per heavy atom. The third kappa shape index (κ3) is 27.4. The minimum absolute atomic E-state index is 0.00525. The maximum Gasteiger partial charge on any atom is 0.247 e. The van der Waals surface area contributed by atoms with E-state index in [0.29, 0.717) is 81.4 Å². The zero-order valence-corrected chi connectivity index (χ0v) is 63.9. The molecule has 574 valence electrons. The highest BCUT2D eigenvalue weighted by Crippen LogP contribution is 2.31. The van der Waals surface area contributed by atoms with E-state index in [9.17, 15) is 32.0 Å². The Bertz CT molecular complexity index is 5440. The second-order valence-corrected chi connectivity index (χ2v) is 27.3. The van der Waals surface area contributed by atoms with Gasteiger partial charge in [0.15, 0.2) is 23.2 Å². The van der Waals surface area contributed by atoms with Gasteiger partial charge in [-0.05, 0) is 167 Å². The van der Waals surface area contributed by atoms with Gasteiger partial charge in [-0.25, -0.2) is 32.7 Å². The number of benzene rings is 8. The fraction of sp³-hybridized carbons (Fsp3) is 0.106. The van der Waals surface area contributed by atoms with Crippen molar-refractivity contribution in [1.29, 1.82) is 0 Å². The topological polar surface area (TPSA) is 335 Å². The van der Waals surface area contributed by atoms with Gasteiger partial charge in [-0.1, -0.05) is 134 Å². The molecule has 0 bridgehead atoms. The summed E-state index contributed by atoms with van der Waals surface area (Å²) in [5, 5.41) is 30.9. The van der Waals surface area contributed by atoms with E-state index in [1.807, 2.05) is 173 Å². The molecular weight excluding hydrogens is 1470 g/mol. The van der Waals surface area contributed by atoms with Crippen molar-refractivity contribution in [3.63, 3.8) is 0 Å². The SMILES string of the molecule is C/C=C/C(=O)c1cccc(Nc2nc(Nc3ccccc3)ncc2C)c1.C=CC(=O)NCc1ccc(Nc2nc(Nc3ccccc3)ncc2C)cc1.C=CC(=O)Nc1cccc(Nc2nc(Nc3ccc(Cl)c(OCCCS(C)(=O)=O)c3)ncc2F)c1.C=CC(=O)c1cccc(Nc2nc(Nc3ccccc3)ncc2C)c1. The Labute approximate surface area is 659 Å². The summed E-state index contributed by atoms with van der Waals surface area (Å²) in [7, 11) is -3.08. The van der Waals surface area contributed by atoms with Crippen molar-refractivity contribution in [2.24, 2.45) is 0 Å². The number of hydrogen-bond acceptors (Lipinski definition) is 23. The first-order valence-corrected chi connectivity index (χ1v) is 37.5. The third-order valence-electron chi connectivity index (χ3n) is 15.6. The molecule has 12 rings (SSSR count). The normalized spacial score (nSPS) is 10.5. The van der Waals surface area contributed by atoms with E-state index in [2.05, 4.69) is 113 Å². The van der Waals surface area contributed by atoms with Gasteiger partial charge in [0.2, 0.25) is 35.6 Å². The minimum Gasteiger partial charge on any atom is -0.492 e. The van der Waals surface area contributed by atoms with Crippen LogP contribution in [-0.2, 0) is 26.0 Å². The van der Waals surface area contributed by atoms with Gasteiger partial charge in [-0.3, -0.25) is 19.2 Å². The quantitative estimate of drug-likeness (QED) is 0.0114. The number of sulfone groups is 1. The van der Waals surface area contributed by atoms with Crippen molar-refractivity contribution in [3.8, 4) is 5.75 Å². The Morgan fingerprint density at radius 2 is 0.850 bits per heavy atom. The highest BCUT2D eigenvalue weighted by Gasteiger charge is 2.15. The summed E-state index contributed by atoms with van der Waals surface area (Å²) in [6, 6.07) is 63.2. The summed E-state index contributed by atoms with van der Waals surface area (Å²) in [4.78, 5) is 81.2. The molecule has 0 saturated heterocycles. The number of anilines is 17. The number of aryl methyl sites for hydroxylation is 3. The van der Waals surface area contributed by atoms with Crippen LogP contribution >= 0.6 is 11.6 Å². The first-order chi connectivity index (χ1) is 54.6. The lowest BCUT2D eigenvalue weighted by Crippen LogP contribution is -2.19. The van der Waals surface area contributed by atoms with Crippen LogP contribution in [0.25, 0.3) is 0 Å². The van der Waals surface area contributed by atoms with Gasteiger partial charge in [-0.15, -0.1) is 0 Å². The van der Waals surface area contributed by atoms with Gasteiger partial charge in [0.05, 0.1) is 23.6 Å². The molecule has 25 nitrogen and oxygen atoms in total. The summed E-state index contributed by atoms with van der Waals surface area (Å²) < 4.78 is 42.4. The number of nitrogens with zero attached hydrogens (tertiary/aromatic N) is 8. The molecule has 8 aromatic carbocycles. The Balaban J connectivity index is 0.000000174. The van der Waals surface area contributed by atoms with Gasteiger partial charge in [0.25, 0.3) is 0 Å². The number of amides is 2. The summed E-state index contributed by atoms with van der Waals surface area (Å²) in [5.41, 5.74) is 11.7. The maximum absolute atomic E-state index is 14.4. The fourth-order valence-electron chi connectivity index (χ4n) is 9.93. The Morgan fingerprint density at radius 1 is 0.451 bits per heavy atom. The van der Waals surface area contributed by atoms with Crippen LogP contribution in [-0.4, -0.2) is 90.3 Å². The van der Waals surface area contributed by atoms with E-state index >= 15 is 0 Å². The second kappa shape index (κ2) is 41.9. The number of aromatic nitrogens is 8. The number of carbonyl (C=O) groups excluding carboxylic acids is 4. The lowest BCUT2D eigenvalue weighted by Gasteiger charge is -2.12. The molecular formula is C85H82ClFN18O7S. The van der Waals surface area contributed by atoms with Crippen molar-refractivity contribution < 1.29 is 36.7 Å². The van der Waals surface area contributed by atoms with Crippen molar-refractivity contribution in [3.05, 3.63) is 325 Å². The molecule has 0 radical (unpaired) electrons. The molecule has 0 aliphatic carbocycles. The van der Waals surface area contributed by atoms with Crippen molar-refractivity contribution in [2.75, 3.05) is 66.5 Å². The maximum atomic E-state index is 14.4. The lowest BCUT2D eigenvalue weighted by molar-refractivity contribution is -0.116. The number of rotatable bonds is 30. The number of hydrogen-bond donors (Lipinski definition) is 10. The average molecular weight is 1550 g/mol. The number of allylic oxidation sites excluding steroid dienone is 3. The van der Waals surface area contributed by atoms with Crippen LogP contribution in [0.15, 0.2) is 281 Å². The van der Waals surface area contributed by atoms with E-state index in [1.54, 1.807) is 91.4 Å². The van der Waals surface area contributed by atoms with Crippen molar-refractivity contribution >= 4 is 143 Å². The number of nitrogens with one attached hydrogen (secondary N) is 10. The molecule has 113 heavy (non-hydrogen) atoms. The first kappa shape index (κ1) is 82.7. The van der Waals surface area contributed by atoms with Crippen LogP contribution in [0, 0.1) is 26.6 Å². The van der Waals surface area contributed by atoms with E-state index in [4.69, 9.17) is 16.3 Å². The van der Waals surface area contributed by atoms with E-state index in [1.165, 1.54) is 12.2 Å². The fourth-order valence-corrected chi connectivity index (χ4v) is 10.7. The highest BCUT2D eigenvalue weighted by molar-refractivity contribution is 7.90. The van der Waals surface area contributed by atoms with E-state index in [-0.39, 0.29) is 47.5 Å². The van der Waals surface area contributed by atoms with Crippen LogP contribution in [0.3, 0.4) is 0 Å². The van der Waals surface area contributed by atoms with E-state index in [0.717, 1.165) is 80.7 Å². The van der Waals surface area contributed by atoms with Crippen LogP contribution < -0.4 is 57.9 Å². The van der Waals surface area contributed by atoms with Gasteiger partial charge < -0.3 is 57.9 Å². The smallest absolute Gasteiger partial charge is 0.247 e. The minimum atomic E-state index is -3.08. The number of para-hydroxylation sites is 3. The standard InChI is InChI=1S/C23H23ClFN5O4S.C21H21N5O.C21H20N4O.C20H18N4O/c1-3-21(31)27-15-6-4-7-16(12-15)28-22-19(25)14-26-23(30-22)29-17-8-9-18(24)20(13-17)34-10-5-11-35(2,32)33;1-3-19(27)22-14-16-9-11-18(12-10-16)24-20-15(2)13-23-21(26-20)25-17-7-5-4-6-8-17;1-3-8-19(26)16-9-7-12-18(13-16)23-20-15(2)14-22-21(25-20)24-17-10-5-4-6-11-17;1-3-18(25)15-8-7-11-17(12-15)22-19-14(2)13-21-20(24-19)23-16-9-5-4-6-10-16/h3-4,6-9,12-14H,1,5,10-11H2,2H3,(H,27,31)(H2,26,28,29,30);3-13H,1,14H2,2H3,(H,22,27)(H2,23,24,25,26);3-14H,1-2H3,(H2,22,23,24,25);3-13H,1H2,2H3,(H2,21,22,23,24)/b;;8-3+;. The molecule has 28 heteroatoms. The summed E-state index contributed by atoms with van der Waals surface area (Å²) >= 11 is 6.16. The highest BCUT2D eigenvalue weighted by atomic mass is 35.5. The Kier molecular flexibility index (Phi) is 30.7. The summed E-state index contributed by atoms with van der Waals surface area (Å²) in [5.74, 6) is 2.63. The number of carbonyl (C=O) groups is 4. The van der Waals surface area contributed by atoms with Gasteiger partial charge in [0.1, 0.15) is 33.0 Å². The predicted molar refractivity (Wildman–Crippen MR) is 449 cm³/mol. The summed E-state index contributed by atoms with van der Waals surface area (Å²) in [6.45, 7) is 18.6. The molecule has 0 spiro atoms. The van der Waals surface area contributed by atoms with Crippen LogP contribution in [0.4, 0.5) is 103 Å². The molecule has 0 saturated carbocycles. The first-order valence-electron chi connectivity index (χ1n) is 35.1. The third-order valence-corrected chi connectivity index (χ3v) is 17.0. The van der Waals surface area contributed by atoms with Gasteiger partial charge in [0, 0.05) is 116 Å². The number of ketones is 2. The van der Waals surface area contributed by atoms with Crippen molar-refractivity contribution in [1.82, 2.24) is 45.2 Å². The number of ether oxygens (including phenoxy) is 1. The largest absolute Gasteiger partial charge is 0.492 e. The zero-order chi connectivity index (χ0) is 80.5. The van der Waals surface area contributed by atoms with Crippen LogP contribution in [0.5, 0.6) is 5.75 Å². The molecule has 10 N–H and O–H groups in total. The van der Waals surface area contributed by atoms with Gasteiger partial charge >= 0.3 is 0 Å². The Hall–Kier alpha value is -14.3. The average Bonchev–Trinajstić information content (AvgIpc) is 0.848. The molecule has 12 aromatic rings.